The second-order valence-corrected chi connectivity index (χ2v) is 8.68. The van der Waals surface area contributed by atoms with E-state index in [0.717, 1.165) is 24.0 Å². The van der Waals surface area contributed by atoms with Gasteiger partial charge in [0.15, 0.2) is 6.23 Å². The highest BCUT2D eigenvalue weighted by atomic mass is 16.6. The second kappa shape index (κ2) is 11.2. The highest BCUT2D eigenvalue weighted by Gasteiger charge is 2.54. The van der Waals surface area contributed by atoms with Crippen molar-refractivity contribution in [3.63, 3.8) is 0 Å². The molecule has 36 heavy (non-hydrogen) atoms. The number of esters is 2. The average Bonchev–Trinajstić information content (AvgIpc) is 2.92. The van der Waals surface area contributed by atoms with Gasteiger partial charge in [-0.3, -0.25) is 0 Å². The molecule has 0 aromatic heterocycles. The number of nitriles is 1. The molecule has 2 aliphatic heterocycles. The number of rotatable bonds is 9. The first-order chi connectivity index (χ1) is 17.6. The number of unbranched alkanes of at least 4 members (excludes halogenated alkanes) is 2. The number of benzene rings is 2. The van der Waals surface area contributed by atoms with Gasteiger partial charge in [-0.2, -0.15) is 5.26 Å². The predicted molar refractivity (Wildman–Crippen MR) is 134 cm³/mol. The van der Waals surface area contributed by atoms with Crippen LogP contribution < -0.4 is 0 Å². The van der Waals surface area contributed by atoms with Crippen LogP contribution in [0, 0.1) is 11.3 Å². The minimum Gasteiger partial charge on any atom is -0.462 e. The molecule has 0 spiro atoms. The van der Waals surface area contributed by atoms with Crippen molar-refractivity contribution < 1.29 is 23.8 Å². The van der Waals surface area contributed by atoms with Crippen molar-refractivity contribution in [3.05, 3.63) is 88.8 Å². The summed E-state index contributed by atoms with van der Waals surface area (Å²) in [6.45, 7) is 4.34. The second-order valence-electron chi connectivity index (χ2n) is 8.68. The van der Waals surface area contributed by atoms with E-state index in [0.29, 0.717) is 18.4 Å². The predicted octanol–water partition coefficient (Wildman–Crippen LogP) is 5.36. The molecule has 0 fully saturated rings. The van der Waals surface area contributed by atoms with Crippen LogP contribution in [-0.4, -0.2) is 30.1 Å². The van der Waals surface area contributed by atoms with Crippen LogP contribution in [0.25, 0.3) is 6.08 Å². The average molecular weight is 487 g/mol. The summed E-state index contributed by atoms with van der Waals surface area (Å²) in [5.41, 5.74) is -0.00272. The van der Waals surface area contributed by atoms with Crippen molar-refractivity contribution in [2.75, 3.05) is 13.2 Å². The van der Waals surface area contributed by atoms with Crippen LogP contribution >= 0.6 is 0 Å². The largest absolute Gasteiger partial charge is 0.462 e. The summed E-state index contributed by atoms with van der Waals surface area (Å²) < 4.78 is 17.7. The lowest BCUT2D eigenvalue weighted by molar-refractivity contribution is -0.161. The Morgan fingerprint density at radius 3 is 2.28 bits per heavy atom. The zero-order valence-electron chi connectivity index (χ0n) is 20.6. The van der Waals surface area contributed by atoms with Gasteiger partial charge in [0.1, 0.15) is 17.3 Å². The fraction of sp³-hybridized carbons (Fsp3) is 0.345. The number of fused-ring (bicyclic) bond motifs is 3. The lowest BCUT2D eigenvalue weighted by atomic mass is 9.82. The van der Waals surface area contributed by atoms with Crippen molar-refractivity contribution in [2.45, 2.75) is 51.4 Å². The SMILES string of the molecule is CCCCOC(=O)C1=C(C(=O)OCCCC)C(C#N)(c2ccccc2)OC2c3ccccc3C=CN12. The van der Waals surface area contributed by atoms with Crippen molar-refractivity contribution in [2.24, 2.45) is 0 Å². The van der Waals surface area contributed by atoms with Crippen molar-refractivity contribution >= 4 is 18.0 Å². The van der Waals surface area contributed by atoms with Crippen LogP contribution in [0.4, 0.5) is 0 Å². The van der Waals surface area contributed by atoms with Gasteiger partial charge in [0.2, 0.25) is 5.60 Å². The summed E-state index contributed by atoms with van der Waals surface area (Å²) in [6.07, 6.45) is 5.70. The molecule has 186 valence electrons. The number of carbonyl (C=O) groups excluding carboxylic acids is 2. The Bertz CT molecular complexity index is 1210. The van der Waals surface area contributed by atoms with Crippen LogP contribution in [0.1, 0.15) is 62.4 Å². The summed E-state index contributed by atoms with van der Waals surface area (Å²) in [5.74, 6) is -1.47. The van der Waals surface area contributed by atoms with Crippen LogP contribution in [0.3, 0.4) is 0 Å². The molecule has 2 aromatic carbocycles. The molecular weight excluding hydrogens is 456 g/mol. The van der Waals surface area contributed by atoms with Gasteiger partial charge in [-0.05, 0) is 24.5 Å². The minimum absolute atomic E-state index is 0.0417. The fourth-order valence-corrected chi connectivity index (χ4v) is 4.35. The van der Waals surface area contributed by atoms with E-state index in [1.165, 1.54) is 0 Å². The molecule has 2 aromatic rings. The first-order valence-corrected chi connectivity index (χ1v) is 12.4. The Labute approximate surface area is 211 Å². The smallest absolute Gasteiger partial charge is 0.355 e. The molecule has 0 bridgehead atoms. The van der Waals surface area contributed by atoms with Crippen LogP contribution in [-0.2, 0) is 29.4 Å². The molecule has 2 aliphatic rings. The van der Waals surface area contributed by atoms with Crippen LogP contribution in [0.2, 0.25) is 0 Å². The molecule has 7 nitrogen and oxygen atoms in total. The molecule has 2 unspecified atom stereocenters. The standard InChI is InChI=1S/C29H30N2O5/c1-3-5-18-34-27(32)24-25(28(33)35-19-6-4-2)31-17-16-21-12-10-11-15-23(21)26(31)36-29(24,20-30)22-13-8-7-9-14-22/h7-17,26H,3-6,18-19H2,1-2H3. The number of hydrogen-bond acceptors (Lipinski definition) is 7. The van der Waals surface area contributed by atoms with E-state index in [1.807, 2.05) is 50.3 Å². The van der Waals surface area contributed by atoms with Gasteiger partial charge in [-0.1, -0.05) is 81.3 Å². The maximum atomic E-state index is 13.6. The summed E-state index contributed by atoms with van der Waals surface area (Å²) in [5, 5.41) is 10.6. The van der Waals surface area contributed by atoms with Gasteiger partial charge in [-0.15, -0.1) is 0 Å². The lowest BCUT2D eigenvalue weighted by Crippen LogP contribution is -2.49. The zero-order valence-corrected chi connectivity index (χ0v) is 20.6. The highest BCUT2D eigenvalue weighted by Crippen LogP contribution is 2.49. The molecule has 0 radical (unpaired) electrons. The van der Waals surface area contributed by atoms with E-state index in [4.69, 9.17) is 14.2 Å². The Hall–Kier alpha value is -3.89. The third-order valence-electron chi connectivity index (χ3n) is 6.26. The maximum Gasteiger partial charge on any atom is 0.355 e. The van der Waals surface area contributed by atoms with Gasteiger partial charge < -0.3 is 19.1 Å². The zero-order chi connectivity index (χ0) is 25.5. The number of ether oxygens (including phenoxy) is 3. The maximum absolute atomic E-state index is 13.6. The van der Waals surface area contributed by atoms with Gasteiger partial charge in [-0.25, -0.2) is 9.59 Å². The monoisotopic (exact) mass is 486 g/mol. The van der Waals surface area contributed by atoms with Gasteiger partial charge in [0.25, 0.3) is 0 Å². The number of hydrogen-bond donors (Lipinski definition) is 0. The first-order valence-electron chi connectivity index (χ1n) is 12.4. The molecule has 0 amide bonds. The number of carbonyl (C=O) groups is 2. The Morgan fingerprint density at radius 2 is 1.61 bits per heavy atom. The van der Waals surface area contributed by atoms with E-state index in [9.17, 15) is 14.9 Å². The van der Waals surface area contributed by atoms with E-state index >= 15 is 0 Å². The third kappa shape index (κ3) is 4.65. The van der Waals surface area contributed by atoms with Crippen molar-refractivity contribution in [3.8, 4) is 6.07 Å². The molecule has 0 saturated heterocycles. The van der Waals surface area contributed by atoms with Crippen molar-refractivity contribution in [1.82, 2.24) is 4.90 Å². The Kier molecular flexibility index (Phi) is 7.87. The molecular formula is C29H30N2O5. The fourth-order valence-electron chi connectivity index (χ4n) is 4.35. The molecule has 0 saturated carbocycles. The van der Waals surface area contributed by atoms with Gasteiger partial charge >= 0.3 is 11.9 Å². The quantitative estimate of drug-likeness (QED) is 0.348. The third-order valence-corrected chi connectivity index (χ3v) is 6.26. The summed E-state index contributed by atoms with van der Waals surface area (Å²) in [4.78, 5) is 28.8. The van der Waals surface area contributed by atoms with E-state index in [-0.39, 0.29) is 24.5 Å². The number of nitrogens with zero attached hydrogens (tertiary/aromatic N) is 2. The molecule has 0 N–H and O–H groups in total. The Morgan fingerprint density at radius 1 is 0.972 bits per heavy atom. The first kappa shape index (κ1) is 25.2. The molecule has 2 heterocycles. The summed E-state index contributed by atoms with van der Waals surface area (Å²) >= 11 is 0. The van der Waals surface area contributed by atoms with E-state index < -0.39 is 23.8 Å². The Balaban J connectivity index is 1.95. The molecule has 7 heteroatoms. The van der Waals surface area contributed by atoms with Crippen LogP contribution in [0.15, 0.2) is 72.1 Å². The summed E-state index contributed by atoms with van der Waals surface area (Å²) in [6, 6.07) is 18.6. The molecule has 2 atom stereocenters. The van der Waals surface area contributed by atoms with Gasteiger partial charge in [0, 0.05) is 17.3 Å². The van der Waals surface area contributed by atoms with Crippen LogP contribution in [0.5, 0.6) is 0 Å². The highest BCUT2D eigenvalue weighted by molar-refractivity contribution is 6.03. The summed E-state index contributed by atoms with van der Waals surface area (Å²) in [7, 11) is 0. The lowest BCUT2D eigenvalue weighted by Gasteiger charge is -2.45. The van der Waals surface area contributed by atoms with E-state index in [1.54, 1.807) is 35.4 Å². The molecule has 0 aliphatic carbocycles. The van der Waals surface area contributed by atoms with Gasteiger partial charge in [0.05, 0.1) is 13.2 Å². The topological polar surface area (TPSA) is 88.9 Å². The molecule has 4 rings (SSSR count). The normalized spacial score (nSPS) is 20.2. The minimum atomic E-state index is -1.89. The van der Waals surface area contributed by atoms with Crippen molar-refractivity contribution in [1.29, 1.82) is 5.26 Å². The van der Waals surface area contributed by atoms with E-state index in [2.05, 4.69) is 6.07 Å².